The maximum absolute atomic E-state index is 12.6. The lowest BCUT2D eigenvalue weighted by atomic mass is 9.98. The summed E-state index contributed by atoms with van der Waals surface area (Å²) in [6.45, 7) is 6.35. The zero-order valence-electron chi connectivity index (χ0n) is 12.8. The van der Waals surface area contributed by atoms with Gasteiger partial charge in [-0.3, -0.25) is 9.59 Å². The van der Waals surface area contributed by atoms with Crippen LogP contribution in [-0.4, -0.2) is 29.3 Å². The first kappa shape index (κ1) is 15.3. The molecule has 2 atom stereocenters. The molecule has 0 spiro atoms. The third-order valence-corrected chi connectivity index (χ3v) is 3.68. The molecule has 4 heteroatoms. The van der Waals surface area contributed by atoms with Gasteiger partial charge in [0.1, 0.15) is 12.1 Å². The highest BCUT2D eigenvalue weighted by Crippen LogP contribution is 2.26. The van der Waals surface area contributed by atoms with Gasteiger partial charge in [-0.2, -0.15) is 0 Å². The highest BCUT2D eigenvalue weighted by atomic mass is 16.2. The summed E-state index contributed by atoms with van der Waals surface area (Å²) in [6.07, 6.45) is 2.59. The second-order valence-electron chi connectivity index (χ2n) is 5.55. The molecule has 0 bridgehead atoms. The summed E-state index contributed by atoms with van der Waals surface area (Å²) in [5, 5.41) is 2.83. The van der Waals surface area contributed by atoms with Crippen molar-refractivity contribution in [3.8, 4) is 0 Å². The lowest BCUT2D eigenvalue weighted by Gasteiger charge is -2.38. The standard InChI is InChI=1S/C17H22N2O2/c1-4-14-17(21)19(11-10-12(2)3)15(16(20)18-14)13-8-6-5-7-9-13/h5-10,14-15H,4,11H2,1-3H3,(H,18,20). The van der Waals surface area contributed by atoms with Gasteiger partial charge in [0.2, 0.25) is 11.8 Å². The van der Waals surface area contributed by atoms with E-state index < -0.39 is 12.1 Å². The summed E-state index contributed by atoms with van der Waals surface area (Å²) in [7, 11) is 0. The Balaban J connectivity index is 2.36. The zero-order chi connectivity index (χ0) is 15.4. The molecule has 0 saturated carbocycles. The summed E-state index contributed by atoms with van der Waals surface area (Å²) < 4.78 is 0. The van der Waals surface area contributed by atoms with Gasteiger partial charge in [-0.15, -0.1) is 0 Å². The minimum Gasteiger partial charge on any atom is -0.342 e. The number of allylic oxidation sites excluding steroid dienone is 1. The molecule has 0 aromatic heterocycles. The molecule has 2 unspecified atom stereocenters. The van der Waals surface area contributed by atoms with Crippen molar-refractivity contribution < 1.29 is 9.59 Å². The lowest BCUT2D eigenvalue weighted by Crippen LogP contribution is -2.59. The van der Waals surface area contributed by atoms with Crippen molar-refractivity contribution in [2.45, 2.75) is 39.3 Å². The molecule has 1 heterocycles. The zero-order valence-corrected chi connectivity index (χ0v) is 12.8. The highest BCUT2D eigenvalue weighted by Gasteiger charge is 2.39. The van der Waals surface area contributed by atoms with E-state index in [9.17, 15) is 9.59 Å². The molecule has 1 aromatic carbocycles. The fourth-order valence-electron chi connectivity index (χ4n) is 2.50. The minimum atomic E-state index is -0.544. The van der Waals surface area contributed by atoms with Crippen molar-refractivity contribution in [2.24, 2.45) is 0 Å². The number of nitrogens with zero attached hydrogens (tertiary/aromatic N) is 1. The summed E-state index contributed by atoms with van der Waals surface area (Å²) in [4.78, 5) is 26.7. The Bertz CT molecular complexity index is 547. The second-order valence-corrected chi connectivity index (χ2v) is 5.55. The van der Waals surface area contributed by atoms with E-state index in [1.54, 1.807) is 4.90 Å². The molecule has 1 fully saturated rings. The van der Waals surface area contributed by atoms with E-state index in [4.69, 9.17) is 0 Å². The maximum atomic E-state index is 12.6. The van der Waals surface area contributed by atoms with Crippen molar-refractivity contribution in [2.75, 3.05) is 6.54 Å². The number of rotatable bonds is 4. The number of piperazine rings is 1. The van der Waals surface area contributed by atoms with E-state index in [1.165, 1.54) is 0 Å². The third-order valence-electron chi connectivity index (χ3n) is 3.68. The summed E-state index contributed by atoms with van der Waals surface area (Å²) in [5.74, 6) is -0.113. The Morgan fingerprint density at radius 1 is 1.24 bits per heavy atom. The van der Waals surface area contributed by atoms with Crippen molar-refractivity contribution in [1.82, 2.24) is 10.2 Å². The molecule has 1 aliphatic rings. The average molecular weight is 286 g/mol. The van der Waals surface area contributed by atoms with E-state index in [2.05, 4.69) is 5.32 Å². The fourth-order valence-corrected chi connectivity index (χ4v) is 2.50. The Kier molecular flexibility index (Phi) is 4.78. The van der Waals surface area contributed by atoms with Crippen LogP contribution in [0.4, 0.5) is 0 Å². The lowest BCUT2D eigenvalue weighted by molar-refractivity contribution is -0.149. The van der Waals surface area contributed by atoms with Crippen LogP contribution in [0.3, 0.4) is 0 Å². The normalized spacial score (nSPS) is 22.0. The largest absolute Gasteiger partial charge is 0.342 e. The van der Waals surface area contributed by atoms with Gasteiger partial charge < -0.3 is 10.2 Å². The van der Waals surface area contributed by atoms with Crippen LogP contribution in [0.25, 0.3) is 0 Å². The Labute approximate surface area is 125 Å². The van der Waals surface area contributed by atoms with Gasteiger partial charge >= 0.3 is 0 Å². The van der Waals surface area contributed by atoms with Crippen molar-refractivity contribution in [3.63, 3.8) is 0 Å². The van der Waals surface area contributed by atoms with E-state index >= 15 is 0 Å². The van der Waals surface area contributed by atoms with Crippen LogP contribution in [0, 0.1) is 0 Å². The van der Waals surface area contributed by atoms with Crippen LogP contribution >= 0.6 is 0 Å². The first-order valence-corrected chi connectivity index (χ1v) is 7.33. The van der Waals surface area contributed by atoms with Gasteiger partial charge in [0, 0.05) is 6.54 Å². The number of carbonyl (C=O) groups excluding carboxylic acids is 2. The van der Waals surface area contributed by atoms with E-state index in [0.717, 1.165) is 11.1 Å². The molecular weight excluding hydrogens is 264 g/mol. The summed E-state index contributed by atoms with van der Waals surface area (Å²) >= 11 is 0. The Hall–Kier alpha value is -2.10. The average Bonchev–Trinajstić information content (AvgIpc) is 2.48. The molecule has 1 aliphatic heterocycles. The van der Waals surface area contributed by atoms with Gasteiger partial charge in [0.15, 0.2) is 0 Å². The topological polar surface area (TPSA) is 49.4 Å². The van der Waals surface area contributed by atoms with Gasteiger partial charge in [0.25, 0.3) is 0 Å². The summed E-state index contributed by atoms with van der Waals surface area (Å²) in [5.41, 5.74) is 1.98. The molecule has 1 N–H and O–H groups in total. The minimum absolute atomic E-state index is 0.0107. The van der Waals surface area contributed by atoms with Crippen LogP contribution < -0.4 is 5.32 Å². The van der Waals surface area contributed by atoms with Crippen LogP contribution in [0.1, 0.15) is 38.8 Å². The molecule has 0 radical (unpaired) electrons. The van der Waals surface area contributed by atoms with Crippen molar-refractivity contribution >= 4 is 11.8 Å². The highest BCUT2D eigenvalue weighted by molar-refractivity contribution is 5.97. The molecule has 2 amide bonds. The number of hydrogen-bond donors (Lipinski definition) is 1. The number of hydrogen-bond acceptors (Lipinski definition) is 2. The molecule has 1 saturated heterocycles. The maximum Gasteiger partial charge on any atom is 0.248 e. The van der Waals surface area contributed by atoms with Crippen molar-refractivity contribution in [3.05, 3.63) is 47.5 Å². The number of benzene rings is 1. The first-order valence-electron chi connectivity index (χ1n) is 7.33. The first-order chi connectivity index (χ1) is 10.0. The molecule has 1 aromatic rings. The monoisotopic (exact) mass is 286 g/mol. The van der Waals surface area contributed by atoms with Crippen LogP contribution in [0.15, 0.2) is 42.0 Å². The molecule has 4 nitrogen and oxygen atoms in total. The summed E-state index contributed by atoms with van der Waals surface area (Å²) in [6, 6.07) is 8.50. The van der Waals surface area contributed by atoms with E-state index in [-0.39, 0.29) is 11.8 Å². The smallest absolute Gasteiger partial charge is 0.248 e. The fraction of sp³-hybridized carbons (Fsp3) is 0.412. The molecule has 0 aliphatic carbocycles. The number of amides is 2. The van der Waals surface area contributed by atoms with Gasteiger partial charge in [-0.1, -0.05) is 48.9 Å². The molecular formula is C17H22N2O2. The second kappa shape index (κ2) is 6.57. The van der Waals surface area contributed by atoms with E-state index in [0.29, 0.717) is 13.0 Å². The predicted molar refractivity (Wildman–Crippen MR) is 82.5 cm³/mol. The molecule has 21 heavy (non-hydrogen) atoms. The Morgan fingerprint density at radius 3 is 2.48 bits per heavy atom. The van der Waals surface area contributed by atoms with Crippen LogP contribution in [0.5, 0.6) is 0 Å². The van der Waals surface area contributed by atoms with Gasteiger partial charge in [0.05, 0.1) is 0 Å². The number of carbonyl (C=O) groups is 2. The SMILES string of the molecule is CCC1NC(=O)C(c2ccccc2)N(CC=C(C)C)C1=O. The van der Waals surface area contributed by atoms with E-state index in [1.807, 2.05) is 57.2 Å². The van der Waals surface area contributed by atoms with Crippen LogP contribution in [-0.2, 0) is 9.59 Å². The molecule has 112 valence electrons. The van der Waals surface area contributed by atoms with Crippen molar-refractivity contribution in [1.29, 1.82) is 0 Å². The molecule has 2 rings (SSSR count). The quantitative estimate of drug-likeness (QED) is 0.864. The van der Waals surface area contributed by atoms with Gasteiger partial charge in [-0.25, -0.2) is 0 Å². The Morgan fingerprint density at radius 2 is 1.90 bits per heavy atom. The van der Waals surface area contributed by atoms with Crippen LogP contribution in [0.2, 0.25) is 0 Å². The number of nitrogens with one attached hydrogen (secondary N) is 1. The third kappa shape index (κ3) is 3.32. The van der Waals surface area contributed by atoms with Gasteiger partial charge in [-0.05, 0) is 25.8 Å². The predicted octanol–water partition coefficient (Wildman–Crippen LogP) is 2.43.